The molecule has 2 atom stereocenters. The predicted molar refractivity (Wildman–Crippen MR) is 150 cm³/mol. The van der Waals surface area contributed by atoms with Gasteiger partial charge in [-0.25, -0.2) is 4.39 Å². The van der Waals surface area contributed by atoms with E-state index in [1.807, 2.05) is 44.2 Å². The number of nitrogens with two attached hydrogens (primary N) is 1. The van der Waals surface area contributed by atoms with E-state index in [0.29, 0.717) is 30.7 Å². The molecule has 5 rings (SSSR count). The van der Waals surface area contributed by atoms with Gasteiger partial charge in [0, 0.05) is 40.2 Å². The fraction of sp³-hybridized carbons (Fsp3) is 0.387. The van der Waals surface area contributed by atoms with Gasteiger partial charge in [0.25, 0.3) is 0 Å². The van der Waals surface area contributed by atoms with Crippen LogP contribution >= 0.6 is 11.6 Å². The van der Waals surface area contributed by atoms with E-state index in [1.165, 1.54) is 6.07 Å². The van der Waals surface area contributed by atoms with E-state index in [0.717, 1.165) is 30.5 Å². The van der Waals surface area contributed by atoms with E-state index >= 15 is 4.39 Å². The number of carbonyl (C=O) groups is 1. The third-order valence-electron chi connectivity index (χ3n) is 8.40. The molecule has 0 aromatic heterocycles. The molecule has 1 heterocycles. The molecule has 1 fully saturated rings. The predicted octanol–water partition coefficient (Wildman–Crippen LogP) is 6.52. The van der Waals surface area contributed by atoms with Crippen molar-refractivity contribution in [2.24, 2.45) is 5.73 Å². The number of ether oxygens (including phenoxy) is 2. The molecule has 0 spiro atoms. The van der Waals surface area contributed by atoms with Gasteiger partial charge in [-0.2, -0.15) is 8.78 Å². The molecular weight excluding hydrogens is 557 g/mol. The van der Waals surface area contributed by atoms with Crippen LogP contribution in [0.3, 0.4) is 0 Å². The maximum Gasteiger partial charge on any atom is 0.387 e. The summed E-state index contributed by atoms with van der Waals surface area (Å²) in [6.07, 6.45) is 2.93. The molecule has 0 radical (unpaired) electrons. The molecule has 2 aliphatic rings. The van der Waals surface area contributed by atoms with Crippen molar-refractivity contribution in [2.45, 2.75) is 69.3 Å². The number of alkyl halides is 2. The monoisotopic (exact) mass is 588 g/mol. The lowest BCUT2D eigenvalue weighted by atomic mass is 9.77. The van der Waals surface area contributed by atoms with Crippen molar-refractivity contribution in [3.05, 3.63) is 82.1 Å². The molecule has 1 saturated carbocycles. The zero-order valence-electron chi connectivity index (χ0n) is 22.7. The number of nitrogens with one attached hydrogen (secondary N) is 1. The minimum atomic E-state index is -3.28. The molecule has 4 N–H and O–H groups in total. The van der Waals surface area contributed by atoms with Crippen LogP contribution in [0, 0.1) is 5.82 Å². The summed E-state index contributed by atoms with van der Waals surface area (Å²) in [4.78, 5) is 12.4. The number of hydrogen-bond donors (Lipinski definition) is 3. The van der Waals surface area contributed by atoms with Crippen molar-refractivity contribution in [1.29, 1.82) is 0 Å². The lowest BCUT2D eigenvalue weighted by Gasteiger charge is -2.38. The second kappa shape index (κ2) is 11.2. The first-order valence-electron chi connectivity index (χ1n) is 13.5. The van der Waals surface area contributed by atoms with Crippen molar-refractivity contribution in [2.75, 3.05) is 6.54 Å². The molecule has 1 aliphatic heterocycles. The molecule has 0 unspecified atom stereocenters. The standard InChI is InChI=1S/C31H32ClF3N2O4/c1-17-24-22(11-9-21(32)26(24)25-20(28(36)38)8-10-23(27(25)33)40-29(34)35)41-31(17,18-6-4-3-5-7-18)16-37-19-12-14-30(2,39)15-13-19/h3-11,17,19,29,37,39H,12-16H2,1-2H3,(H2,36,38)/t17-,19-,30-,31-/m0/s1. The zero-order valence-corrected chi connectivity index (χ0v) is 23.5. The Morgan fingerprint density at radius 2 is 1.83 bits per heavy atom. The van der Waals surface area contributed by atoms with Crippen molar-refractivity contribution < 1.29 is 32.5 Å². The van der Waals surface area contributed by atoms with Crippen LogP contribution in [0.25, 0.3) is 11.1 Å². The van der Waals surface area contributed by atoms with E-state index in [2.05, 4.69) is 10.1 Å². The lowest BCUT2D eigenvalue weighted by Crippen LogP contribution is -2.49. The van der Waals surface area contributed by atoms with Gasteiger partial charge in [0.2, 0.25) is 5.91 Å². The molecule has 0 saturated heterocycles. The Kier molecular flexibility index (Phi) is 7.98. The van der Waals surface area contributed by atoms with Crippen LogP contribution in [0.5, 0.6) is 11.5 Å². The smallest absolute Gasteiger partial charge is 0.387 e. The van der Waals surface area contributed by atoms with E-state index in [1.54, 1.807) is 6.07 Å². The fourth-order valence-electron chi connectivity index (χ4n) is 6.12. The Labute approximate surface area is 241 Å². The molecule has 3 aromatic rings. The third kappa shape index (κ3) is 5.50. The van der Waals surface area contributed by atoms with Crippen LogP contribution in [0.2, 0.25) is 5.02 Å². The second-order valence-electron chi connectivity index (χ2n) is 11.1. The van der Waals surface area contributed by atoms with E-state index in [-0.39, 0.29) is 27.8 Å². The lowest BCUT2D eigenvalue weighted by molar-refractivity contribution is -0.0521. The van der Waals surface area contributed by atoms with Crippen LogP contribution in [0.15, 0.2) is 54.6 Å². The molecule has 41 heavy (non-hydrogen) atoms. The number of halogens is 4. The first-order chi connectivity index (χ1) is 19.4. The summed E-state index contributed by atoms with van der Waals surface area (Å²) in [5.41, 5.74) is 4.94. The van der Waals surface area contributed by atoms with Gasteiger partial charge in [-0.1, -0.05) is 48.9 Å². The largest absolute Gasteiger partial charge is 0.480 e. The molecule has 10 heteroatoms. The first-order valence-corrected chi connectivity index (χ1v) is 13.9. The van der Waals surface area contributed by atoms with Crippen LogP contribution in [-0.2, 0) is 5.60 Å². The van der Waals surface area contributed by atoms with Crippen LogP contribution in [-0.4, -0.2) is 35.8 Å². The first kappa shape index (κ1) is 29.2. The highest BCUT2D eigenvalue weighted by atomic mass is 35.5. The van der Waals surface area contributed by atoms with Gasteiger partial charge in [0.1, 0.15) is 5.75 Å². The molecule has 3 aromatic carbocycles. The Balaban J connectivity index is 1.62. The van der Waals surface area contributed by atoms with Gasteiger partial charge < -0.3 is 25.6 Å². The molecular formula is C31H32ClF3N2O4. The topological polar surface area (TPSA) is 93.8 Å². The molecule has 1 aliphatic carbocycles. The normalized spacial score (nSPS) is 25.6. The summed E-state index contributed by atoms with van der Waals surface area (Å²) < 4.78 is 53.2. The number of amides is 1. The molecule has 6 nitrogen and oxygen atoms in total. The van der Waals surface area contributed by atoms with Crippen molar-refractivity contribution in [3.63, 3.8) is 0 Å². The average molecular weight is 589 g/mol. The summed E-state index contributed by atoms with van der Waals surface area (Å²) in [5.74, 6) is -2.87. The minimum absolute atomic E-state index is 0.0983. The van der Waals surface area contributed by atoms with Gasteiger partial charge in [0.15, 0.2) is 17.2 Å². The number of carbonyl (C=O) groups excluding carboxylic acids is 1. The Morgan fingerprint density at radius 3 is 2.46 bits per heavy atom. The van der Waals surface area contributed by atoms with Crippen molar-refractivity contribution >= 4 is 17.5 Å². The van der Waals surface area contributed by atoms with Gasteiger partial charge in [-0.15, -0.1) is 0 Å². The summed E-state index contributed by atoms with van der Waals surface area (Å²) in [6.45, 7) is 0.875. The van der Waals surface area contributed by atoms with Gasteiger partial charge in [0.05, 0.1) is 11.2 Å². The number of fused-ring (bicyclic) bond motifs is 1. The fourth-order valence-corrected chi connectivity index (χ4v) is 6.38. The SMILES string of the molecule is C[C@H]1c2c(ccc(Cl)c2-c2c(C(N)=O)ccc(OC(F)F)c2F)O[C@]1(CN[C@H]1CC[C@](C)(O)CC1)c1ccccc1. The van der Waals surface area contributed by atoms with E-state index in [4.69, 9.17) is 22.1 Å². The van der Waals surface area contributed by atoms with Crippen molar-refractivity contribution in [3.8, 4) is 22.6 Å². The maximum absolute atomic E-state index is 15.9. The summed E-state index contributed by atoms with van der Waals surface area (Å²) in [7, 11) is 0. The highest BCUT2D eigenvalue weighted by Crippen LogP contribution is 2.56. The van der Waals surface area contributed by atoms with Gasteiger partial charge >= 0.3 is 6.61 Å². The van der Waals surface area contributed by atoms with Gasteiger partial charge in [-0.3, -0.25) is 4.79 Å². The third-order valence-corrected chi connectivity index (χ3v) is 8.71. The van der Waals surface area contributed by atoms with Gasteiger partial charge in [-0.05, 0) is 62.4 Å². The average Bonchev–Trinajstić information content (AvgIpc) is 3.22. The molecule has 218 valence electrons. The Morgan fingerprint density at radius 1 is 1.15 bits per heavy atom. The summed E-state index contributed by atoms with van der Waals surface area (Å²) in [5, 5.41) is 14.1. The summed E-state index contributed by atoms with van der Waals surface area (Å²) >= 11 is 6.68. The number of primary amides is 1. The molecule has 0 bridgehead atoms. The Hall–Kier alpha value is -3.27. The minimum Gasteiger partial charge on any atom is -0.480 e. The Bertz CT molecular complexity index is 1440. The highest BCUT2D eigenvalue weighted by molar-refractivity contribution is 6.34. The van der Waals surface area contributed by atoms with Crippen LogP contribution in [0.4, 0.5) is 13.2 Å². The highest BCUT2D eigenvalue weighted by Gasteiger charge is 2.49. The van der Waals surface area contributed by atoms with E-state index < -0.39 is 41.2 Å². The second-order valence-corrected chi connectivity index (χ2v) is 11.5. The zero-order chi connectivity index (χ0) is 29.5. The number of rotatable bonds is 8. The van der Waals surface area contributed by atoms with Crippen LogP contribution < -0.4 is 20.5 Å². The number of benzene rings is 3. The van der Waals surface area contributed by atoms with Crippen LogP contribution in [0.1, 0.15) is 66.9 Å². The summed E-state index contributed by atoms with van der Waals surface area (Å²) in [6, 6.07) is 15.0. The van der Waals surface area contributed by atoms with E-state index in [9.17, 15) is 18.7 Å². The molecule has 1 amide bonds. The maximum atomic E-state index is 15.9. The number of hydrogen-bond acceptors (Lipinski definition) is 5. The number of aliphatic hydroxyl groups is 1. The van der Waals surface area contributed by atoms with Crippen molar-refractivity contribution in [1.82, 2.24) is 5.32 Å². The quantitative estimate of drug-likeness (QED) is 0.278.